The van der Waals surface area contributed by atoms with E-state index in [0.717, 1.165) is 32.1 Å². The van der Waals surface area contributed by atoms with Crippen LogP contribution in [0.25, 0.3) is 0 Å². The first kappa shape index (κ1) is 18.8. The van der Waals surface area contributed by atoms with Crippen molar-refractivity contribution in [1.82, 2.24) is 14.9 Å². The molecule has 8 nitrogen and oxygen atoms in total. The number of aliphatic hydroxyl groups excluding tert-OH is 1. The van der Waals surface area contributed by atoms with Crippen LogP contribution >= 0.6 is 0 Å². The maximum atomic E-state index is 12.9. The van der Waals surface area contributed by atoms with Crippen LogP contribution in [0.4, 0.5) is 0 Å². The van der Waals surface area contributed by atoms with Crippen LogP contribution in [0.3, 0.4) is 0 Å². The number of rotatable bonds is 6. The van der Waals surface area contributed by atoms with Crippen molar-refractivity contribution in [2.45, 2.75) is 70.0 Å². The Morgan fingerprint density at radius 2 is 2.04 bits per heavy atom. The fourth-order valence-corrected chi connectivity index (χ4v) is 4.09. The highest BCUT2D eigenvalue weighted by atomic mass is 16.5. The van der Waals surface area contributed by atoms with Gasteiger partial charge in [0.15, 0.2) is 0 Å². The van der Waals surface area contributed by atoms with Gasteiger partial charge in [-0.05, 0) is 32.6 Å². The molecule has 3 rings (SSSR count). The van der Waals surface area contributed by atoms with Crippen molar-refractivity contribution in [3.63, 3.8) is 0 Å². The molecule has 1 aromatic heterocycles. The van der Waals surface area contributed by atoms with Gasteiger partial charge in [-0.1, -0.05) is 19.3 Å². The molecule has 0 amide bonds. The molecule has 0 aromatic carbocycles. The highest BCUT2D eigenvalue weighted by molar-refractivity contribution is 5.76. The van der Waals surface area contributed by atoms with E-state index in [1.807, 2.05) is 0 Å². The first-order valence-corrected chi connectivity index (χ1v) is 9.48. The third kappa shape index (κ3) is 3.61. The summed E-state index contributed by atoms with van der Waals surface area (Å²) in [6.07, 6.45) is 6.07. The average molecular weight is 365 g/mol. The van der Waals surface area contributed by atoms with E-state index in [4.69, 9.17) is 4.74 Å². The number of aromatic nitrogens is 2. The second-order valence-corrected chi connectivity index (χ2v) is 7.03. The lowest BCUT2D eigenvalue weighted by molar-refractivity contribution is -0.147. The minimum atomic E-state index is -0.879. The Hall–Kier alpha value is -1.93. The number of hydrogen-bond donors (Lipinski definition) is 3. The van der Waals surface area contributed by atoms with E-state index in [1.54, 1.807) is 6.92 Å². The van der Waals surface area contributed by atoms with Crippen molar-refractivity contribution in [2.24, 2.45) is 0 Å². The Balaban J connectivity index is 1.86. The van der Waals surface area contributed by atoms with Crippen molar-refractivity contribution in [2.75, 3.05) is 13.2 Å². The van der Waals surface area contributed by atoms with Crippen molar-refractivity contribution < 1.29 is 14.6 Å². The predicted molar refractivity (Wildman–Crippen MR) is 95.1 cm³/mol. The van der Waals surface area contributed by atoms with E-state index < -0.39 is 18.6 Å². The highest BCUT2D eigenvalue weighted by Crippen LogP contribution is 2.29. The molecule has 0 radical (unpaired) electrons. The second kappa shape index (κ2) is 8.18. The van der Waals surface area contributed by atoms with E-state index in [-0.39, 0.29) is 29.9 Å². The molecule has 1 fully saturated rings. The van der Waals surface area contributed by atoms with Crippen LogP contribution in [0.2, 0.25) is 0 Å². The number of carbonyl (C=O) groups is 1. The molecule has 0 spiro atoms. The molecule has 8 heteroatoms. The number of ether oxygens (including phenoxy) is 1. The molecule has 0 aliphatic heterocycles. The molecule has 2 aliphatic carbocycles. The topological polar surface area (TPSA) is 113 Å². The summed E-state index contributed by atoms with van der Waals surface area (Å²) in [7, 11) is 0. The summed E-state index contributed by atoms with van der Waals surface area (Å²) in [5.41, 5.74) is 0.547. The number of nitrogens with zero attached hydrogens (tertiary/aromatic N) is 1. The van der Waals surface area contributed by atoms with Gasteiger partial charge in [-0.25, -0.2) is 4.79 Å². The van der Waals surface area contributed by atoms with Crippen LogP contribution < -0.4 is 16.6 Å². The SMILES string of the molecule is CCOC(=O)[C@H](CO)N[C@@H]1CCc2c1[nH]c(=O)n(C1CCCCC1)c2=O. The van der Waals surface area contributed by atoms with Crippen LogP contribution in [0.1, 0.15) is 68.8 Å². The fraction of sp³-hybridized carbons (Fsp3) is 0.722. The maximum absolute atomic E-state index is 12.9. The molecule has 3 N–H and O–H groups in total. The zero-order chi connectivity index (χ0) is 18.7. The number of aromatic amines is 1. The van der Waals surface area contributed by atoms with Crippen molar-refractivity contribution >= 4 is 5.97 Å². The number of aliphatic hydroxyl groups is 1. The van der Waals surface area contributed by atoms with E-state index in [0.29, 0.717) is 24.1 Å². The summed E-state index contributed by atoms with van der Waals surface area (Å²) in [6, 6.07) is -1.26. The van der Waals surface area contributed by atoms with Crippen LogP contribution in [-0.2, 0) is 16.0 Å². The zero-order valence-electron chi connectivity index (χ0n) is 15.1. The molecule has 144 valence electrons. The van der Waals surface area contributed by atoms with Gasteiger partial charge in [0.2, 0.25) is 0 Å². The minimum absolute atomic E-state index is 0.0259. The molecule has 0 unspecified atom stereocenters. The fourth-order valence-electron chi connectivity index (χ4n) is 4.09. The van der Waals surface area contributed by atoms with Crippen molar-refractivity contribution in [1.29, 1.82) is 0 Å². The number of fused-ring (bicyclic) bond motifs is 1. The smallest absolute Gasteiger partial charge is 0.328 e. The zero-order valence-corrected chi connectivity index (χ0v) is 15.1. The van der Waals surface area contributed by atoms with Gasteiger partial charge < -0.3 is 14.8 Å². The molecule has 26 heavy (non-hydrogen) atoms. The largest absolute Gasteiger partial charge is 0.465 e. The van der Waals surface area contributed by atoms with Gasteiger partial charge in [-0.3, -0.25) is 19.5 Å². The predicted octanol–water partition coefficient (Wildman–Crippen LogP) is 0.543. The highest BCUT2D eigenvalue weighted by Gasteiger charge is 2.32. The van der Waals surface area contributed by atoms with E-state index in [1.165, 1.54) is 4.57 Å². The van der Waals surface area contributed by atoms with E-state index in [9.17, 15) is 19.5 Å². The van der Waals surface area contributed by atoms with Gasteiger partial charge in [-0.2, -0.15) is 0 Å². The Morgan fingerprint density at radius 3 is 2.69 bits per heavy atom. The van der Waals surface area contributed by atoms with Gasteiger partial charge in [0.1, 0.15) is 6.04 Å². The van der Waals surface area contributed by atoms with Crippen LogP contribution in [0.5, 0.6) is 0 Å². The summed E-state index contributed by atoms with van der Waals surface area (Å²) in [5, 5.41) is 12.5. The third-order valence-electron chi connectivity index (χ3n) is 5.39. The minimum Gasteiger partial charge on any atom is -0.465 e. The Morgan fingerprint density at radius 1 is 1.31 bits per heavy atom. The quantitative estimate of drug-likeness (QED) is 0.634. The molecular weight excluding hydrogens is 338 g/mol. The van der Waals surface area contributed by atoms with E-state index >= 15 is 0 Å². The molecule has 0 bridgehead atoms. The van der Waals surface area contributed by atoms with Gasteiger partial charge in [0.25, 0.3) is 5.56 Å². The van der Waals surface area contributed by atoms with Gasteiger partial charge in [0.05, 0.1) is 13.2 Å². The van der Waals surface area contributed by atoms with Gasteiger partial charge >= 0.3 is 11.7 Å². The summed E-state index contributed by atoms with van der Waals surface area (Å²) in [6.45, 7) is 1.51. The molecular formula is C18H27N3O5. The van der Waals surface area contributed by atoms with Crippen molar-refractivity contribution in [3.8, 4) is 0 Å². The number of H-pyrrole nitrogens is 1. The first-order valence-electron chi connectivity index (χ1n) is 9.48. The van der Waals surface area contributed by atoms with E-state index in [2.05, 4.69) is 10.3 Å². The number of hydrogen-bond acceptors (Lipinski definition) is 6. The second-order valence-electron chi connectivity index (χ2n) is 7.03. The lowest BCUT2D eigenvalue weighted by atomic mass is 9.95. The maximum Gasteiger partial charge on any atom is 0.328 e. The van der Waals surface area contributed by atoms with Gasteiger partial charge in [-0.15, -0.1) is 0 Å². The average Bonchev–Trinajstić information content (AvgIpc) is 3.03. The molecule has 2 aliphatic rings. The molecule has 1 aromatic rings. The summed E-state index contributed by atoms with van der Waals surface area (Å²) >= 11 is 0. The Kier molecular flexibility index (Phi) is 5.93. The number of carbonyl (C=O) groups excluding carboxylic acids is 1. The Labute approximate surface area is 151 Å². The molecule has 1 saturated carbocycles. The normalized spacial score (nSPS) is 21.4. The van der Waals surface area contributed by atoms with Crippen LogP contribution in [-0.4, -0.2) is 39.9 Å². The third-order valence-corrected chi connectivity index (χ3v) is 5.39. The standard InChI is InChI=1S/C18H27N3O5/c1-2-26-17(24)14(10-22)19-13-9-8-12-15(13)20-18(25)21(16(12)23)11-6-4-3-5-7-11/h11,13-14,19,22H,2-10H2,1H3,(H,20,25)/t13-,14+/m1/s1. The van der Waals surface area contributed by atoms with Crippen LogP contribution in [0, 0.1) is 0 Å². The molecule has 0 saturated heterocycles. The Bertz CT molecular complexity index is 763. The number of esters is 1. The molecule has 2 atom stereocenters. The molecule has 1 heterocycles. The monoisotopic (exact) mass is 365 g/mol. The lowest BCUT2D eigenvalue weighted by Gasteiger charge is -2.24. The summed E-state index contributed by atoms with van der Waals surface area (Å²) < 4.78 is 6.32. The summed E-state index contributed by atoms with van der Waals surface area (Å²) in [5.74, 6) is -0.540. The van der Waals surface area contributed by atoms with Crippen LogP contribution in [0.15, 0.2) is 9.59 Å². The van der Waals surface area contributed by atoms with Gasteiger partial charge in [0, 0.05) is 23.3 Å². The summed E-state index contributed by atoms with van der Waals surface area (Å²) in [4.78, 5) is 40.2. The first-order chi connectivity index (χ1) is 12.6. The van der Waals surface area contributed by atoms with Crippen molar-refractivity contribution in [3.05, 3.63) is 32.1 Å². The number of nitrogens with one attached hydrogen (secondary N) is 2. The lowest BCUT2D eigenvalue weighted by Crippen LogP contribution is -2.44.